The van der Waals surface area contributed by atoms with E-state index >= 15 is 0 Å². The average Bonchev–Trinajstić information content (AvgIpc) is 1.86. The third-order valence-electron chi connectivity index (χ3n) is 2.35. The highest BCUT2D eigenvalue weighted by atomic mass is 16.2. The van der Waals surface area contributed by atoms with E-state index in [4.69, 9.17) is 0 Å². The molecular formula is C7H12N2O. The lowest BCUT2D eigenvalue weighted by Gasteiger charge is -2.37. The standard InChI is InChI=1S/C7H12N2O/c10-7-6-2-1-5-9(7)8-4-3-6/h6,8H,1-5H2. The molecule has 2 fully saturated rings. The molecule has 1 atom stereocenters. The van der Waals surface area contributed by atoms with Crippen molar-refractivity contribution in [3.05, 3.63) is 0 Å². The summed E-state index contributed by atoms with van der Waals surface area (Å²) in [5, 5.41) is 1.78. The number of hydrogen-bond acceptors (Lipinski definition) is 2. The summed E-state index contributed by atoms with van der Waals surface area (Å²) in [5.41, 5.74) is 3.08. The first kappa shape index (κ1) is 6.16. The van der Waals surface area contributed by atoms with E-state index in [-0.39, 0.29) is 0 Å². The van der Waals surface area contributed by atoms with Crippen LogP contribution in [0.2, 0.25) is 0 Å². The number of nitrogens with one attached hydrogen (secondary N) is 1. The fourth-order valence-electron chi connectivity index (χ4n) is 1.75. The lowest BCUT2D eigenvalue weighted by atomic mass is 9.93. The summed E-state index contributed by atoms with van der Waals surface area (Å²) in [4.78, 5) is 11.3. The van der Waals surface area contributed by atoms with Gasteiger partial charge in [0.25, 0.3) is 0 Å². The highest BCUT2D eigenvalue weighted by Crippen LogP contribution is 2.22. The van der Waals surface area contributed by atoms with Crippen LogP contribution in [-0.4, -0.2) is 24.0 Å². The molecule has 0 aliphatic carbocycles. The van der Waals surface area contributed by atoms with E-state index in [2.05, 4.69) is 5.43 Å². The van der Waals surface area contributed by atoms with Crippen LogP contribution >= 0.6 is 0 Å². The number of hydrazine groups is 1. The Hall–Kier alpha value is -0.570. The van der Waals surface area contributed by atoms with Crippen LogP contribution in [0.5, 0.6) is 0 Å². The number of nitrogens with zero attached hydrogens (tertiary/aromatic N) is 1. The first-order chi connectivity index (χ1) is 4.88. The zero-order chi connectivity index (χ0) is 6.97. The summed E-state index contributed by atoms with van der Waals surface area (Å²) in [7, 11) is 0. The number of hydrogen-bond donors (Lipinski definition) is 1. The summed E-state index contributed by atoms with van der Waals surface area (Å²) in [6.45, 7) is 1.89. The maximum atomic E-state index is 11.3. The Morgan fingerprint density at radius 3 is 3.10 bits per heavy atom. The largest absolute Gasteiger partial charge is 0.278 e. The molecule has 3 nitrogen and oxygen atoms in total. The molecule has 0 aromatic heterocycles. The van der Waals surface area contributed by atoms with Gasteiger partial charge >= 0.3 is 0 Å². The van der Waals surface area contributed by atoms with Crippen molar-refractivity contribution in [3.8, 4) is 0 Å². The molecule has 3 heteroatoms. The van der Waals surface area contributed by atoms with Crippen LogP contribution in [0.25, 0.3) is 0 Å². The Labute approximate surface area is 60.4 Å². The normalized spacial score (nSPS) is 32.6. The van der Waals surface area contributed by atoms with Gasteiger partial charge in [0.05, 0.1) is 0 Å². The van der Waals surface area contributed by atoms with Gasteiger partial charge in [-0.1, -0.05) is 0 Å². The monoisotopic (exact) mass is 140 g/mol. The fraction of sp³-hybridized carbons (Fsp3) is 0.857. The van der Waals surface area contributed by atoms with Crippen molar-refractivity contribution < 1.29 is 4.79 Å². The molecule has 10 heavy (non-hydrogen) atoms. The van der Waals surface area contributed by atoms with Crippen molar-refractivity contribution in [1.29, 1.82) is 0 Å². The smallest absolute Gasteiger partial charge is 0.239 e. The zero-order valence-corrected chi connectivity index (χ0v) is 5.97. The van der Waals surface area contributed by atoms with Crippen molar-refractivity contribution >= 4 is 5.91 Å². The van der Waals surface area contributed by atoms with E-state index < -0.39 is 0 Å². The predicted molar refractivity (Wildman–Crippen MR) is 37.1 cm³/mol. The Bertz CT molecular complexity index is 134. The second-order valence-corrected chi connectivity index (χ2v) is 3.03. The fourth-order valence-corrected chi connectivity index (χ4v) is 1.75. The number of carbonyl (C=O) groups excluding carboxylic acids is 1. The first-order valence-corrected chi connectivity index (χ1v) is 3.93. The van der Waals surface area contributed by atoms with E-state index in [0.29, 0.717) is 11.8 Å². The Morgan fingerprint density at radius 1 is 1.50 bits per heavy atom. The average molecular weight is 140 g/mol. The minimum atomic E-state index is 0.317. The van der Waals surface area contributed by atoms with Gasteiger partial charge in [0, 0.05) is 19.0 Å². The van der Waals surface area contributed by atoms with Crippen LogP contribution < -0.4 is 5.43 Å². The topological polar surface area (TPSA) is 32.3 Å². The number of fused-ring (bicyclic) bond motifs is 2. The van der Waals surface area contributed by atoms with Crippen LogP contribution in [0.1, 0.15) is 19.3 Å². The summed E-state index contributed by atoms with van der Waals surface area (Å²) in [6.07, 6.45) is 3.32. The minimum Gasteiger partial charge on any atom is -0.278 e. The minimum absolute atomic E-state index is 0.317. The highest BCUT2D eigenvalue weighted by molar-refractivity contribution is 5.79. The number of amides is 1. The maximum absolute atomic E-state index is 11.3. The van der Waals surface area contributed by atoms with Crippen molar-refractivity contribution in [1.82, 2.24) is 10.4 Å². The number of piperidine rings is 1. The van der Waals surface area contributed by atoms with Crippen molar-refractivity contribution in [2.75, 3.05) is 13.1 Å². The van der Waals surface area contributed by atoms with Gasteiger partial charge in [-0.3, -0.25) is 9.80 Å². The van der Waals surface area contributed by atoms with E-state index in [0.717, 1.165) is 25.9 Å². The van der Waals surface area contributed by atoms with Gasteiger partial charge in [-0.25, -0.2) is 5.43 Å². The van der Waals surface area contributed by atoms with Gasteiger partial charge in [-0.2, -0.15) is 0 Å². The summed E-state index contributed by atoms with van der Waals surface area (Å²) >= 11 is 0. The van der Waals surface area contributed by atoms with Crippen molar-refractivity contribution in [2.24, 2.45) is 5.92 Å². The van der Waals surface area contributed by atoms with Gasteiger partial charge in [0.2, 0.25) is 5.91 Å². The Morgan fingerprint density at radius 2 is 2.40 bits per heavy atom. The molecule has 1 unspecified atom stereocenters. The molecule has 2 saturated heterocycles. The number of rotatable bonds is 0. The van der Waals surface area contributed by atoms with Crippen molar-refractivity contribution in [3.63, 3.8) is 0 Å². The second-order valence-electron chi connectivity index (χ2n) is 3.03. The quantitative estimate of drug-likeness (QED) is 0.519. The van der Waals surface area contributed by atoms with E-state index in [1.165, 1.54) is 6.42 Å². The third-order valence-corrected chi connectivity index (χ3v) is 2.35. The molecule has 2 bridgehead atoms. The molecule has 0 spiro atoms. The molecule has 1 amide bonds. The molecule has 2 aliphatic heterocycles. The maximum Gasteiger partial charge on any atom is 0.239 e. The molecule has 2 aliphatic rings. The lowest BCUT2D eigenvalue weighted by Crippen LogP contribution is -2.54. The van der Waals surface area contributed by atoms with Crippen LogP contribution in [0.15, 0.2) is 0 Å². The molecule has 2 rings (SSSR count). The summed E-state index contributed by atoms with van der Waals surface area (Å²) in [5.74, 6) is 0.660. The van der Waals surface area contributed by atoms with Gasteiger partial charge < -0.3 is 0 Å². The van der Waals surface area contributed by atoms with Gasteiger partial charge in [0.15, 0.2) is 0 Å². The zero-order valence-electron chi connectivity index (χ0n) is 5.97. The molecule has 56 valence electrons. The molecular weight excluding hydrogens is 128 g/mol. The van der Waals surface area contributed by atoms with Crippen LogP contribution in [-0.2, 0) is 4.79 Å². The van der Waals surface area contributed by atoms with Crippen LogP contribution in [0, 0.1) is 5.92 Å². The van der Waals surface area contributed by atoms with Crippen LogP contribution in [0.3, 0.4) is 0 Å². The molecule has 2 heterocycles. The predicted octanol–water partition coefficient (Wildman–Crippen LogP) is 0.133. The van der Waals surface area contributed by atoms with Crippen molar-refractivity contribution in [2.45, 2.75) is 19.3 Å². The lowest BCUT2D eigenvalue weighted by molar-refractivity contribution is -0.145. The summed E-state index contributed by atoms with van der Waals surface area (Å²) in [6, 6.07) is 0. The highest BCUT2D eigenvalue weighted by Gasteiger charge is 2.31. The Balaban J connectivity index is 2.12. The van der Waals surface area contributed by atoms with Gasteiger partial charge in [0.1, 0.15) is 0 Å². The molecule has 0 aromatic rings. The van der Waals surface area contributed by atoms with Gasteiger partial charge in [-0.15, -0.1) is 0 Å². The first-order valence-electron chi connectivity index (χ1n) is 3.93. The van der Waals surface area contributed by atoms with E-state index in [1.807, 2.05) is 0 Å². The Kier molecular flexibility index (Phi) is 1.38. The van der Waals surface area contributed by atoms with E-state index in [1.54, 1.807) is 5.01 Å². The van der Waals surface area contributed by atoms with E-state index in [9.17, 15) is 4.79 Å². The van der Waals surface area contributed by atoms with Crippen LogP contribution in [0.4, 0.5) is 0 Å². The molecule has 1 N–H and O–H groups in total. The molecule has 0 aromatic carbocycles. The third kappa shape index (κ3) is 0.814. The van der Waals surface area contributed by atoms with Gasteiger partial charge in [-0.05, 0) is 19.3 Å². The second kappa shape index (κ2) is 2.23. The number of carbonyl (C=O) groups is 1. The SMILES string of the molecule is O=C1C2CCCN1NCC2. The molecule has 0 radical (unpaired) electrons. The molecule has 0 saturated carbocycles. The summed E-state index contributed by atoms with van der Waals surface area (Å²) < 4.78 is 0.